The molecule has 0 amide bonds. The lowest BCUT2D eigenvalue weighted by atomic mass is 10.3. The van der Waals surface area contributed by atoms with Crippen LogP contribution in [0.25, 0.3) is 0 Å². The van der Waals surface area contributed by atoms with E-state index in [2.05, 4.69) is 10.2 Å². The molecule has 0 bridgehead atoms. The summed E-state index contributed by atoms with van der Waals surface area (Å²) in [6, 6.07) is 6.48. The minimum atomic E-state index is 0.217. The molecule has 0 saturated carbocycles. The van der Waals surface area contributed by atoms with Crippen molar-refractivity contribution in [3.05, 3.63) is 36.7 Å². The lowest BCUT2D eigenvalue weighted by Gasteiger charge is -2.04. The Labute approximate surface area is 80.6 Å². The number of phenolic OH excluding ortho intramolecular Hbond substituents is 1. The highest BCUT2D eigenvalue weighted by atomic mass is 16.5. The van der Waals surface area contributed by atoms with E-state index in [0.29, 0.717) is 5.75 Å². The molecule has 0 aliphatic heterocycles. The second kappa shape index (κ2) is 3.78. The van der Waals surface area contributed by atoms with Crippen molar-refractivity contribution in [1.82, 2.24) is 15.0 Å². The zero-order valence-corrected chi connectivity index (χ0v) is 7.37. The summed E-state index contributed by atoms with van der Waals surface area (Å²) < 4.78 is 5.33. The molecule has 1 N–H and O–H groups in total. The molecule has 5 heteroatoms. The minimum absolute atomic E-state index is 0.217. The lowest BCUT2D eigenvalue weighted by Crippen LogP contribution is -2.07. The van der Waals surface area contributed by atoms with Crippen LogP contribution in [0.4, 0.5) is 0 Å². The summed E-state index contributed by atoms with van der Waals surface area (Å²) in [5.41, 5.74) is 0. The predicted octanol–water partition coefficient (Wildman–Crippen LogP) is 1.02. The van der Waals surface area contributed by atoms with Gasteiger partial charge >= 0.3 is 0 Å². The summed E-state index contributed by atoms with van der Waals surface area (Å²) in [5, 5.41) is 16.8. The molecule has 0 saturated heterocycles. The van der Waals surface area contributed by atoms with Crippen LogP contribution in [0, 0.1) is 0 Å². The first-order valence-electron chi connectivity index (χ1n) is 4.10. The Morgan fingerprint density at radius 2 is 1.79 bits per heavy atom. The Kier molecular flexibility index (Phi) is 2.31. The number of rotatable bonds is 3. The number of hydrogen-bond acceptors (Lipinski definition) is 4. The molecule has 5 nitrogen and oxygen atoms in total. The van der Waals surface area contributed by atoms with Gasteiger partial charge in [-0.25, -0.2) is 0 Å². The zero-order valence-electron chi connectivity index (χ0n) is 7.37. The van der Waals surface area contributed by atoms with Crippen LogP contribution in [-0.4, -0.2) is 20.1 Å². The first-order chi connectivity index (χ1) is 6.84. The smallest absolute Gasteiger partial charge is 0.199 e. The molecule has 1 aromatic carbocycles. The zero-order chi connectivity index (χ0) is 9.80. The van der Waals surface area contributed by atoms with Crippen molar-refractivity contribution >= 4 is 0 Å². The monoisotopic (exact) mass is 191 g/mol. The second-order valence-corrected chi connectivity index (χ2v) is 2.67. The average Bonchev–Trinajstić information content (AvgIpc) is 2.70. The standard InChI is InChI=1S/C9H9N3O2/c13-8-1-3-9(4-2-8)14-7-12-10-5-6-11-12/h1-6,13H,7H2. The molecular weight excluding hydrogens is 182 g/mol. The average molecular weight is 191 g/mol. The minimum Gasteiger partial charge on any atom is -0.508 e. The topological polar surface area (TPSA) is 60.2 Å². The van der Waals surface area contributed by atoms with Crippen LogP contribution in [0.5, 0.6) is 11.5 Å². The van der Waals surface area contributed by atoms with E-state index in [9.17, 15) is 0 Å². The fourth-order valence-corrected chi connectivity index (χ4v) is 0.985. The van der Waals surface area contributed by atoms with Crippen molar-refractivity contribution in [2.75, 3.05) is 0 Å². The summed E-state index contributed by atoms with van der Waals surface area (Å²) in [6.45, 7) is 0.262. The van der Waals surface area contributed by atoms with Gasteiger partial charge in [0, 0.05) is 0 Å². The number of ether oxygens (including phenoxy) is 1. The van der Waals surface area contributed by atoms with E-state index in [1.54, 1.807) is 36.7 Å². The van der Waals surface area contributed by atoms with Crippen molar-refractivity contribution in [2.24, 2.45) is 0 Å². The Morgan fingerprint density at radius 1 is 1.14 bits per heavy atom. The maximum atomic E-state index is 9.02. The van der Waals surface area contributed by atoms with E-state index in [1.165, 1.54) is 4.80 Å². The van der Waals surface area contributed by atoms with Gasteiger partial charge in [-0.2, -0.15) is 10.2 Å². The van der Waals surface area contributed by atoms with Crippen molar-refractivity contribution in [3.8, 4) is 11.5 Å². The number of aromatic hydroxyl groups is 1. The Morgan fingerprint density at radius 3 is 2.43 bits per heavy atom. The third-order valence-corrected chi connectivity index (χ3v) is 1.65. The molecule has 2 rings (SSSR count). The molecule has 0 aliphatic carbocycles. The fourth-order valence-electron chi connectivity index (χ4n) is 0.985. The highest BCUT2D eigenvalue weighted by Crippen LogP contribution is 2.15. The van der Waals surface area contributed by atoms with Gasteiger partial charge in [0.2, 0.25) is 0 Å². The fraction of sp³-hybridized carbons (Fsp3) is 0.111. The van der Waals surface area contributed by atoms with E-state index in [0.717, 1.165) is 0 Å². The van der Waals surface area contributed by atoms with E-state index >= 15 is 0 Å². The summed E-state index contributed by atoms with van der Waals surface area (Å²) in [4.78, 5) is 1.42. The van der Waals surface area contributed by atoms with Gasteiger partial charge in [0.1, 0.15) is 11.5 Å². The second-order valence-electron chi connectivity index (χ2n) is 2.67. The largest absolute Gasteiger partial charge is 0.508 e. The molecule has 0 aliphatic rings. The predicted molar refractivity (Wildman–Crippen MR) is 48.8 cm³/mol. The molecule has 1 heterocycles. The normalized spacial score (nSPS) is 10.0. The van der Waals surface area contributed by atoms with Crippen LogP contribution >= 0.6 is 0 Å². The van der Waals surface area contributed by atoms with E-state index in [-0.39, 0.29) is 12.5 Å². The van der Waals surface area contributed by atoms with E-state index < -0.39 is 0 Å². The first-order valence-corrected chi connectivity index (χ1v) is 4.10. The highest BCUT2D eigenvalue weighted by Gasteiger charge is 1.95. The van der Waals surface area contributed by atoms with Gasteiger partial charge in [-0.1, -0.05) is 0 Å². The van der Waals surface area contributed by atoms with Gasteiger partial charge in [-0.05, 0) is 24.3 Å². The van der Waals surface area contributed by atoms with Crippen LogP contribution in [-0.2, 0) is 6.73 Å². The van der Waals surface area contributed by atoms with Crippen molar-refractivity contribution in [1.29, 1.82) is 0 Å². The van der Waals surface area contributed by atoms with Crippen molar-refractivity contribution < 1.29 is 9.84 Å². The quantitative estimate of drug-likeness (QED) is 0.786. The van der Waals surface area contributed by atoms with Gasteiger partial charge in [-0.3, -0.25) is 0 Å². The highest BCUT2D eigenvalue weighted by molar-refractivity contribution is 5.29. The van der Waals surface area contributed by atoms with Gasteiger partial charge < -0.3 is 9.84 Å². The van der Waals surface area contributed by atoms with Gasteiger partial charge in [0.15, 0.2) is 6.73 Å². The van der Waals surface area contributed by atoms with Crippen LogP contribution in [0.1, 0.15) is 0 Å². The third-order valence-electron chi connectivity index (χ3n) is 1.65. The molecular formula is C9H9N3O2. The Balaban J connectivity index is 1.95. The number of nitrogens with zero attached hydrogens (tertiary/aromatic N) is 3. The van der Waals surface area contributed by atoms with Crippen molar-refractivity contribution in [3.63, 3.8) is 0 Å². The van der Waals surface area contributed by atoms with Gasteiger partial charge in [-0.15, -0.1) is 4.80 Å². The molecule has 0 fully saturated rings. The number of phenols is 1. The van der Waals surface area contributed by atoms with Crippen LogP contribution < -0.4 is 4.74 Å². The molecule has 1 aromatic heterocycles. The molecule has 0 unspecified atom stereocenters. The number of benzene rings is 1. The summed E-state index contributed by atoms with van der Waals surface area (Å²) >= 11 is 0. The van der Waals surface area contributed by atoms with Gasteiger partial charge in [0.25, 0.3) is 0 Å². The van der Waals surface area contributed by atoms with Crippen molar-refractivity contribution in [2.45, 2.75) is 6.73 Å². The molecule has 0 radical (unpaired) electrons. The third kappa shape index (κ3) is 2.01. The first kappa shape index (κ1) is 8.55. The maximum Gasteiger partial charge on any atom is 0.199 e. The lowest BCUT2D eigenvalue weighted by molar-refractivity contribution is 0.203. The summed E-state index contributed by atoms with van der Waals surface area (Å²) in [6.07, 6.45) is 3.17. The Hall–Kier alpha value is -2.04. The van der Waals surface area contributed by atoms with Crippen LogP contribution in [0.2, 0.25) is 0 Å². The molecule has 72 valence electrons. The van der Waals surface area contributed by atoms with Gasteiger partial charge in [0.05, 0.1) is 12.4 Å². The summed E-state index contributed by atoms with van der Waals surface area (Å²) in [5.74, 6) is 0.884. The molecule has 14 heavy (non-hydrogen) atoms. The molecule has 2 aromatic rings. The summed E-state index contributed by atoms with van der Waals surface area (Å²) in [7, 11) is 0. The van der Waals surface area contributed by atoms with Crippen LogP contribution in [0.15, 0.2) is 36.7 Å². The van der Waals surface area contributed by atoms with E-state index in [4.69, 9.17) is 9.84 Å². The molecule has 0 spiro atoms. The molecule has 0 atom stereocenters. The number of hydrogen-bond donors (Lipinski definition) is 1. The Bertz CT molecular complexity index is 383. The number of aromatic nitrogens is 3. The van der Waals surface area contributed by atoms with E-state index in [1.807, 2.05) is 0 Å². The van der Waals surface area contributed by atoms with Crippen LogP contribution in [0.3, 0.4) is 0 Å². The maximum absolute atomic E-state index is 9.02. The SMILES string of the molecule is Oc1ccc(OCn2nccn2)cc1.